The fraction of sp³-hybridized carbons (Fsp3) is 0.500. The molecule has 17 heavy (non-hydrogen) atoms. The Morgan fingerprint density at radius 2 is 1.76 bits per heavy atom. The number of piperazine rings is 1. The summed E-state index contributed by atoms with van der Waals surface area (Å²) in [6, 6.07) is 10.8. The van der Waals surface area contributed by atoms with Crippen LogP contribution in [-0.4, -0.2) is 42.5 Å². The fourth-order valence-electron chi connectivity index (χ4n) is 2.23. The van der Waals surface area contributed by atoms with Gasteiger partial charge >= 0.3 is 0 Å². The summed E-state index contributed by atoms with van der Waals surface area (Å²) >= 11 is 0. The van der Waals surface area contributed by atoms with E-state index in [0.717, 1.165) is 32.7 Å². The zero-order chi connectivity index (χ0) is 12.1. The molecule has 0 unspecified atom stereocenters. The summed E-state index contributed by atoms with van der Waals surface area (Å²) in [5.41, 5.74) is 2.79. The molecule has 0 N–H and O–H groups in total. The molecule has 3 nitrogen and oxygen atoms in total. The molecule has 1 fully saturated rings. The van der Waals surface area contributed by atoms with Gasteiger partial charge in [-0.05, 0) is 18.1 Å². The van der Waals surface area contributed by atoms with Crippen LogP contribution >= 0.6 is 0 Å². The maximum absolute atomic E-state index is 8.65. The number of benzene rings is 1. The maximum Gasteiger partial charge on any atom is 0.0866 e. The van der Waals surface area contributed by atoms with Crippen molar-refractivity contribution in [3.63, 3.8) is 0 Å². The first-order chi connectivity index (χ1) is 8.29. The Hall–Kier alpha value is -1.37. The van der Waals surface area contributed by atoms with E-state index < -0.39 is 0 Å². The van der Waals surface area contributed by atoms with Gasteiger partial charge in [0, 0.05) is 32.7 Å². The molecule has 2 rings (SSSR count). The van der Waals surface area contributed by atoms with Crippen LogP contribution in [0.1, 0.15) is 11.1 Å². The predicted octanol–water partition coefficient (Wildman–Crippen LogP) is 1.64. The van der Waals surface area contributed by atoms with Crippen molar-refractivity contribution < 1.29 is 0 Å². The van der Waals surface area contributed by atoms with Crippen LogP contribution in [0.15, 0.2) is 24.3 Å². The molecule has 90 valence electrons. The molecule has 0 spiro atoms. The summed E-state index contributed by atoms with van der Waals surface area (Å²) in [7, 11) is 0. The Kier molecular flexibility index (Phi) is 4.13. The van der Waals surface area contributed by atoms with E-state index in [1.54, 1.807) is 0 Å². The predicted molar refractivity (Wildman–Crippen MR) is 68.5 cm³/mol. The van der Waals surface area contributed by atoms with E-state index in [1.807, 2.05) is 0 Å². The molecule has 1 aliphatic rings. The lowest BCUT2D eigenvalue weighted by Crippen LogP contribution is -2.45. The average Bonchev–Trinajstić information content (AvgIpc) is 2.35. The Labute approximate surface area is 103 Å². The van der Waals surface area contributed by atoms with E-state index in [2.05, 4.69) is 47.1 Å². The second-order valence-electron chi connectivity index (χ2n) is 4.64. The number of nitrogens with zero attached hydrogens (tertiary/aromatic N) is 3. The first-order valence-electron chi connectivity index (χ1n) is 6.16. The lowest BCUT2D eigenvalue weighted by atomic mass is 10.1. The molecule has 1 aromatic carbocycles. The third kappa shape index (κ3) is 3.29. The highest BCUT2D eigenvalue weighted by Crippen LogP contribution is 2.12. The number of hydrogen-bond donors (Lipinski definition) is 0. The fourth-order valence-corrected chi connectivity index (χ4v) is 2.23. The second kappa shape index (κ2) is 5.81. The summed E-state index contributed by atoms with van der Waals surface area (Å²) in [6.45, 7) is 7.93. The van der Waals surface area contributed by atoms with E-state index >= 15 is 0 Å². The highest BCUT2D eigenvalue weighted by Gasteiger charge is 2.16. The van der Waals surface area contributed by atoms with Gasteiger partial charge in [-0.2, -0.15) is 5.26 Å². The van der Waals surface area contributed by atoms with Crippen LogP contribution in [0.5, 0.6) is 0 Å². The van der Waals surface area contributed by atoms with Gasteiger partial charge in [-0.25, -0.2) is 0 Å². The van der Waals surface area contributed by atoms with Gasteiger partial charge in [-0.15, -0.1) is 0 Å². The highest BCUT2D eigenvalue weighted by molar-refractivity contribution is 5.25. The molecule has 0 amide bonds. The van der Waals surface area contributed by atoms with Gasteiger partial charge in [0.2, 0.25) is 0 Å². The molecular weight excluding hydrogens is 210 g/mol. The molecule has 1 aliphatic heterocycles. The number of hydrogen-bond acceptors (Lipinski definition) is 3. The molecule has 0 saturated carbocycles. The summed E-state index contributed by atoms with van der Waals surface area (Å²) < 4.78 is 0. The average molecular weight is 229 g/mol. The molecular formula is C14H19N3. The van der Waals surface area contributed by atoms with Crippen LogP contribution in [0.2, 0.25) is 0 Å². The molecule has 1 aromatic rings. The minimum Gasteiger partial charge on any atom is -0.297 e. The zero-order valence-corrected chi connectivity index (χ0v) is 10.4. The SMILES string of the molecule is Cc1ccccc1CN1CCN(CC#N)CC1. The minimum atomic E-state index is 0.568. The van der Waals surface area contributed by atoms with Crippen molar-refractivity contribution in [2.45, 2.75) is 13.5 Å². The Morgan fingerprint density at radius 1 is 1.12 bits per heavy atom. The standard InChI is InChI=1S/C14H19N3/c1-13-4-2-3-5-14(13)12-17-10-8-16(7-6-15)9-11-17/h2-5H,7-12H2,1H3. The third-order valence-corrected chi connectivity index (χ3v) is 3.41. The van der Waals surface area contributed by atoms with Crippen LogP contribution in [0.3, 0.4) is 0 Å². The summed E-state index contributed by atoms with van der Waals surface area (Å²) in [5.74, 6) is 0. The van der Waals surface area contributed by atoms with Crippen LogP contribution < -0.4 is 0 Å². The van der Waals surface area contributed by atoms with Gasteiger partial charge in [0.25, 0.3) is 0 Å². The lowest BCUT2D eigenvalue weighted by molar-refractivity contribution is 0.138. The normalized spacial score (nSPS) is 17.9. The van der Waals surface area contributed by atoms with Crippen molar-refractivity contribution in [2.75, 3.05) is 32.7 Å². The van der Waals surface area contributed by atoms with Gasteiger partial charge in [0.05, 0.1) is 12.6 Å². The van der Waals surface area contributed by atoms with E-state index in [4.69, 9.17) is 5.26 Å². The summed E-state index contributed by atoms with van der Waals surface area (Å²) in [5, 5.41) is 8.65. The van der Waals surface area contributed by atoms with Gasteiger partial charge in [0.1, 0.15) is 0 Å². The molecule has 1 heterocycles. The van der Waals surface area contributed by atoms with Crippen LogP contribution in [0, 0.1) is 18.3 Å². The second-order valence-corrected chi connectivity index (χ2v) is 4.64. The van der Waals surface area contributed by atoms with Crippen LogP contribution in [-0.2, 0) is 6.54 Å². The highest BCUT2D eigenvalue weighted by atomic mass is 15.3. The van der Waals surface area contributed by atoms with Gasteiger partial charge in [-0.1, -0.05) is 24.3 Å². The van der Waals surface area contributed by atoms with Crippen molar-refractivity contribution in [1.82, 2.24) is 9.80 Å². The van der Waals surface area contributed by atoms with Crippen molar-refractivity contribution in [3.05, 3.63) is 35.4 Å². The molecule has 3 heteroatoms. The Bertz CT molecular complexity index is 400. The quantitative estimate of drug-likeness (QED) is 0.738. The van der Waals surface area contributed by atoms with Crippen molar-refractivity contribution in [3.8, 4) is 6.07 Å². The third-order valence-electron chi connectivity index (χ3n) is 3.41. The van der Waals surface area contributed by atoms with E-state index in [1.165, 1.54) is 11.1 Å². The topological polar surface area (TPSA) is 30.3 Å². The number of aryl methyl sites for hydroxylation is 1. The molecule has 0 radical (unpaired) electrons. The lowest BCUT2D eigenvalue weighted by Gasteiger charge is -2.33. The molecule has 0 aromatic heterocycles. The molecule has 0 atom stereocenters. The smallest absolute Gasteiger partial charge is 0.0866 e. The molecule has 0 aliphatic carbocycles. The largest absolute Gasteiger partial charge is 0.297 e. The zero-order valence-electron chi connectivity index (χ0n) is 10.4. The van der Waals surface area contributed by atoms with Gasteiger partial charge in [-0.3, -0.25) is 9.80 Å². The van der Waals surface area contributed by atoms with Crippen molar-refractivity contribution in [1.29, 1.82) is 5.26 Å². The Morgan fingerprint density at radius 3 is 2.41 bits per heavy atom. The molecule has 0 bridgehead atoms. The van der Waals surface area contributed by atoms with Crippen molar-refractivity contribution in [2.24, 2.45) is 0 Å². The van der Waals surface area contributed by atoms with Gasteiger partial charge < -0.3 is 0 Å². The summed E-state index contributed by atoms with van der Waals surface area (Å²) in [6.07, 6.45) is 0. The first-order valence-corrected chi connectivity index (χ1v) is 6.16. The number of rotatable bonds is 3. The van der Waals surface area contributed by atoms with E-state index in [-0.39, 0.29) is 0 Å². The van der Waals surface area contributed by atoms with Crippen molar-refractivity contribution >= 4 is 0 Å². The Balaban J connectivity index is 1.86. The first kappa shape index (κ1) is 12.1. The van der Waals surface area contributed by atoms with E-state index in [9.17, 15) is 0 Å². The van der Waals surface area contributed by atoms with Crippen LogP contribution in [0.4, 0.5) is 0 Å². The summed E-state index contributed by atoms with van der Waals surface area (Å²) in [4.78, 5) is 4.69. The maximum atomic E-state index is 8.65. The number of nitriles is 1. The van der Waals surface area contributed by atoms with E-state index in [0.29, 0.717) is 6.54 Å². The molecule has 1 saturated heterocycles. The minimum absolute atomic E-state index is 0.568. The van der Waals surface area contributed by atoms with Gasteiger partial charge in [0.15, 0.2) is 0 Å². The van der Waals surface area contributed by atoms with Crippen LogP contribution in [0.25, 0.3) is 0 Å². The monoisotopic (exact) mass is 229 g/mol.